The molecule has 0 aromatic carbocycles. The molecule has 90 valence electrons. The predicted molar refractivity (Wildman–Crippen MR) is 61.1 cm³/mol. The number of rotatable bonds is 6. The molecule has 0 saturated heterocycles. The lowest BCUT2D eigenvalue weighted by molar-refractivity contribution is 0.199. The zero-order chi connectivity index (χ0) is 11.2. The third kappa shape index (κ3) is 3.02. The Balaban J connectivity index is 1.77. The summed E-state index contributed by atoms with van der Waals surface area (Å²) in [7, 11) is 1.71. The van der Waals surface area contributed by atoms with Gasteiger partial charge in [0.15, 0.2) is 0 Å². The minimum absolute atomic E-state index is 0.584. The molecule has 5 nitrogen and oxygen atoms in total. The van der Waals surface area contributed by atoms with Gasteiger partial charge in [-0.3, -0.25) is 0 Å². The molecule has 1 N–H and O–H groups in total. The molecule has 2 rings (SSSR count). The smallest absolute Gasteiger partial charge is 0.0964 e. The second kappa shape index (κ2) is 5.96. The van der Waals surface area contributed by atoms with Crippen LogP contribution in [0, 0.1) is 0 Å². The number of methoxy groups -OCH3 is 1. The molecule has 1 aromatic heterocycles. The van der Waals surface area contributed by atoms with Crippen LogP contribution in [0.1, 0.15) is 37.4 Å². The van der Waals surface area contributed by atoms with Crippen molar-refractivity contribution in [1.29, 1.82) is 0 Å². The fourth-order valence-electron chi connectivity index (χ4n) is 2.13. The van der Waals surface area contributed by atoms with E-state index in [1.54, 1.807) is 7.11 Å². The zero-order valence-corrected chi connectivity index (χ0v) is 9.85. The van der Waals surface area contributed by atoms with Crippen molar-refractivity contribution in [2.45, 2.75) is 38.3 Å². The summed E-state index contributed by atoms with van der Waals surface area (Å²) < 4.78 is 6.99. The maximum Gasteiger partial charge on any atom is 0.0964 e. The van der Waals surface area contributed by atoms with Crippen molar-refractivity contribution < 1.29 is 4.74 Å². The monoisotopic (exact) mass is 224 g/mol. The van der Waals surface area contributed by atoms with Crippen LogP contribution in [0.3, 0.4) is 0 Å². The van der Waals surface area contributed by atoms with Gasteiger partial charge in [0.2, 0.25) is 0 Å². The molecule has 1 saturated carbocycles. The number of hydrogen-bond acceptors (Lipinski definition) is 4. The standard InChI is InChI=1S/C11H20N4O/c1-16-7-6-12-8-10-9-15(14-13-10)11-4-2-3-5-11/h9,11-12H,2-8H2,1H3. The van der Waals surface area contributed by atoms with Gasteiger partial charge in [0.25, 0.3) is 0 Å². The fraction of sp³-hybridized carbons (Fsp3) is 0.818. The maximum absolute atomic E-state index is 4.96. The highest BCUT2D eigenvalue weighted by molar-refractivity contribution is 4.93. The van der Waals surface area contributed by atoms with Crippen LogP contribution in [0.5, 0.6) is 0 Å². The molecule has 16 heavy (non-hydrogen) atoms. The molecule has 1 aliphatic rings. The molecule has 5 heteroatoms. The number of nitrogens with zero attached hydrogens (tertiary/aromatic N) is 3. The summed E-state index contributed by atoms with van der Waals surface area (Å²) in [5.41, 5.74) is 1.02. The zero-order valence-electron chi connectivity index (χ0n) is 9.85. The quantitative estimate of drug-likeness (QED) is 0.736. The first kappa shape index (κ1) is 11.5. The Morgan fingerprint density at radius 1 is 1.50 bits per heavy atom. The molecule has 1 aromatic rings. The van der Waals surface area contributed by atoms with Gasteiger partial charge in [-0.05, 0) is 12.8 Å². The summed E-state index contributed by atoms with van der Waals surface area (Å²) in [4.78, 5) is 0. The molecule has 0 unspecified atom stereocenters. The molecule has 0 radical (unpaired) electrons. The van der Waals surface area contributed by atoms with Crippen molar-refractivity contribution in [2.24, 2.45) is 0 Å². The molecular formula is C11H20N4O. The molecule has 0 atom stereocenters. The van der Waals surface area contributed by atoms with Crippen molar-refractivity contribution in [1.82, 2.24) is 20.3 Å². The average molecular weight is 224 g/mol. The van der Waals surface area contributed by atoms with Gasteiger partial charge < -0.3 is 10.1 Å². The summed E-state index contributed by atoms with van der Waals surface area (Å²) in [5, 5.41) is 11.6. The first-order chi connectivity index (χ1) is 7.90. The lowest BCUT2D eigenvalue weighted by Gasteiger charge is -2.06. The summed E-state index contributed by atoms with van der Waals surface area (Å²) in [6.45, 7) is 2.36. The molecule has 0 spiro atoms. The van der Waals surface area contributed by atoms with Gasteiger partial charge in [-0.2, -0.15) is 0 Å². The molecule has 1 heterocycles. The lowest BCUT2D eigenvalue weighted by atomic mass is 10.2. The van der Waals surface area contributed by atoms with E-state index in [0.717, 1.165) is 25.4 Å². The topological polar surface area (TPSA) is 52.0 Å². The summed E-state index contributed by atoms with van der Waals surface area (Å²) in [6.07, 6.45) is 7.22. The van der Waals surface area contributed by atoms with Gasteiger partial charge in [-0.15, -0.1) is 5.10 Å². The van der Waals surface area contributed by atoms with Crippen LogP contribution in [0.2, 0.25) is 0 Å². The predicted octanol–water partition coefficient (Wildman–Crippen LogP) is 1.13. The van der Waals surface area contributed by atoms with Crippen LogP contribution >= 0.6 is 0 Å². The van der Waals surface area contributed by atoms with E-state index < -0.39 is 0 Å². The van der Waals surface area contributed by atoms with E-state index in [4.69, 9.17) is 4.74 Å². The van der Waals surface area contributed by atoms with Crippen molar-refractivity contribution in [3.8, 4) is 0 Å². The Morgan fingerprint density at radius 2 is 2.31 bits per heavy atom. The fourth-order valence-corrected chi connectivity index (χ4v) is 2.13. The first-order valence-corrected chi connectivity index (χ1v) is 6.00. The van der Waals surface area contributed by atoms with Crippen LogP contribution in [0.25, 0.3) is 0 Å². The molecule has 0 amide bonds. The SMILES string of the molecule is COCCNCc1cn(C2CCCC2)nn1. The van der Waals surface area contributed by atoms with E-state index in [-0.39, 0.29) is 0 Å². The summed E-state index contributed by atoms with van der Waals surface area (Å²) in [6, 6.07) is 0.584. The van der Waals surface area contributed by atoms with Crippen LogP contribution in [0.4, 0.5) is 0 Å². The highest BCUT2D eigenvalue weighted by Crippen LogP contribution is 2.28. The third-order valence-corrected chi connectivity index (χ3v) is 3.05. The molecule has 1 fully saturated rings. The van der Waals surface area contributed by atoms with Crippen molar-refractivity contribution in [3.63, 3.8) is 0 Å². The molecular weight excluding hydrogens is 204 g/mol. The molecule has 0 bridgehead atoms. The van der Waals surface area contributed by atoms with Crippen molar-refractivity contribution >= 4 is 0 Å². The first-order valence-electron chi connectivity index (χ1n) is 6.00. The Bertz CT molecular complexity index is 307. The van der Waals surface area contributed by atoms with Crippen LogP contribution in [-0.2, 0) is 11.3 Å². The van der Waals surface area contributed by atoms with Crippen LogP contribution < -0.4 is 5.32 Å². The average Bonchev–Trinajstić information content (AvgIpc) is 2.94. The second-order valence-corrected chi connectivity index (χ2v) is 4.30. The van der Waals surface area contributed by atoms with Crippen LogP contribution in [0.15, 0.2) is 6.20 Å². The van der Waals surface area contributed by atoms with Crippen molar-refractivity contribution in [3.05, 3.63) is 11.9 Å². The van der Waals surface area contributed by atoms with Gasteiger partial charge in [-0.1, -0.05) is 18.1 Å². The Hall–Kier alpha value is -0.940. The van der Waals surface area contributed by atoms with E-state index in [1.165, 1.54) is 25.7 Å². The van der Waals surface area contributed by atoms with E-state index in [1.807, 2.05) is 4.68 Å². The minimum Gasteiger partial charge on any atom is -0.383 e. The summed E-state index contributed by atoms with van der Waals surface area (Å²) >= 11 is 0. The lowest BCUT2D eigenvalue weighted by Crippen LogP contribution is -2.18. The second-order valence-electron chi connectivity index (χ2n) is 4.30. The Labute approximate surface area is 96.2 Å². The van der Waals surface area contributed by atoms with Gasteiger partial charge in [0, 0.05) is 20.2 Å². The number of aromatic nitrogens is 3. The number of hydrogen-bond donors (Lipinski definition) is 1. The maximum atomic E-state index is 4.96. The highest BCUT2D eigenvalue weighted by Gasteiger charge is 2.17. The normalized spacial score (nSPS) is 17.1. The van der Waals surface area contributed by atoms with E-state index >= 15 is 0 Å². The minimum atomic E-state index is 0.584. The third-order valence-electron chi connectivity index (χ3n) is 3.05. The highest BCUT2D eigenvalue weighted by atomic mass is 16.5. The van der Waals surface area contributed by atoms with Crippen molar-refractivity contribution in [2.75, 3.05) is 20.3 Å². The van der Waals surface area contributed by atoms with E-state index in [0.29, 0.717) is 6.04 Å². The number of nitrogens with one attached hydrogen (secondary N) is 1. The van der Waals surface area contributed by atoms with Crippen LogP contribution in [-0.4, -0.2) is 35.3 Å². The van der Waals surface area contributed by atoms with Gasteiger partial charge >= 0.3 is 0 Å². The Morgan fingerprint density at radius 3 is 3.06 bits per heavy atom. The number of ether oxygens (including phenoxy) is 1. The molecule has 1 aliphatic carbocycles. The van der Waals surface area contributed by atoms with Gasteiger partial charge in [-0.25, -0.2) is 4.68 Å². The van der Waals surface area contributed by atoms with Gasteiger partial charge in [0.1, 0.15) is 0 Å². The van der Waals surface area contributed by atoms with E-state index in [2.05, 4.69) is 21.8 Å². The largest absolute Gasteiger partial charge is 0.383 e. The van der Waals surface area contributed by atoms with E-state index in [9.17, 15) is 0 Å². The summed E-state index contributed by atoms with van der Waals surface area (Å²) in [5.74, 6) is 0. The van der Waals surface area contributed by atoms with Gasteiger partial charge in [0.05, 0.1) is 24.5 Å². The molecule has 0 aliphatic heterocycles. The Kier molecular flexibility index (Phi) is 4.30.